The fourth-order valence-electron chi connectivity index (χ4n) is 2.56. The first-order valence-corrected chi connectivity index (χ1v) is 10.0. The van der Waals surface area contributed by atoms with Crippen molar-refractivity contribution in [3.63, 3.8) is 0 Å². The van der Waals surface area contributed by atoms with E-state index in [4.69, 9.17) is 62.7 Å². The molecule has 1 aromatic carbocycles. The summed E-state index contributed by atoms with van der Waals surface area (Å²) in [6.45, 7) is 0.614. The van der Waals surface area contributed by atoms with Crippen molar-refractivity contribution in [2.75, 3.05) is 17.8 Å². The van der Waals surface area contributed by atoms with Crippen LogP contribution in [0.4, 0.5) is 5.69 Å². The average molecular weight is 488 g/mol. The maximum atomic E-state index is 12.1. The minimum atomic E-state index is -1.65. The third kappa shape index (κ3) is 5.08. The maximum Gasteiger partial charge on any atom is 0.344 e. The molecule has 1 aliphatic rings. The number of allylic oxidation sites excluding steroid dienone is 2. The zero-order chi connectivity index (χ0) is 20.9. The predicted molar refractivity (Wildman–Crippen MR) is 113 cm³/mol. The lowest BCUT2D eigenvalue weighted by molar-refractivity contribution is -0.161. The van der Waals surface area contributed by atoms with Gasteiger partial charge in [0.1, 0.15) is 11.6 Å². The summed E-state index contributed by atoms with van der Waals surface area (Å²) in [5.74, 6) is -1.63. The maximum absolute atomic E-state index is 12.1. The third-order valence-corrected chi connectivity index (χ3v) is 6.12. The number of esters is 2. The van der Waals surface area contributed by atoms with Gasteiger partial charge < -0.3 is 14.8 Å². The molecule has 0 saturated carbocycles. The van der Waals surface area contributed by atoms with Crippen LogP contribution in [0.15, 0.2) is 42.5 Å². The molecule has 152 valence electrons. The Kier molecular flexibility index (Phi) is 7.94. The van der Waals surface area contributed by atoms with E-state index in [1.807, 2.05) is 0 Å². The minimum absolute atomic E-state index is 0.221. The molecule has 2 atom stereocenters. The van der Waals surface area contributed by atoms with Gasteiger partial charge in [0.25, 0.3) is 0 Å². The Balaban J connectivity index is 2.44. The van der Waals surface area contributed by atoms with E-state index in [2.05, 4.69) is 10.1 Å². The van der Waals surface area contributed by atoms with E-state index in [1.165, 1.54) is 6.92 Å². The lowest BCUT2D eigenvalue weighted by atomic mass is 9.84. The van der Waals surface area contributed by atoms with E-state index >= 15 is 0 Å². The molecule has 28 heavy (non-hydrogen) atoms. The van der Waals surface area contributed by atoms with Crippen LogP contribution in [0.25, 0.3) is 0 Å². The number of alkyl halides is 3. The number of hydrogen-bond acceptors (Lipinski definition) is 5. The summed E-state index contributed by atoms with van der Waals surface area (Å²) < 4.78 is 8.49. The summed E-state index contributed by atoms with van der Waals surface area (Å²) in [7, 11) is 0. The second kappa shape index (κ2) is 9.59. The number of nitrogens with one attached hydrogen (secondary N) is 1. The molecule has 2 unspecified atom stereocenters. The van der Waals surface area contributed by atoms with E-state index in [1.54, 1.807) is 42.5 Å². The van der Waals surface area contributed by atoms with Crippen LogP contribution < -0.4 is 5.32 Å². The Hall–Kier alpha value is -1.11. The quantitative estimate of drug-likeness (QED) is 0.425. The highest BCUT2D eigenvalue weighted by Crippen LogP contribution is 2.46. The standard InChI is InChI=1S/C18H16Cl5NO4/c1-11(25)27-9-15(26)28-14-7-2-3-8-17(14,18(22,23)10-19)24-16-12(20)5-4-6-13(16)21/h2-8,14,24H,9-10H2,1H3. The summed E-state index contributed by atoms with van der Waals surface area (Å²) in [6, 6.07) is 4.92. The highest BCUT2D eigenvalue weighted by atomic mass is 35.5. The number of ether oxygens (including phenoxy) is 2. The van der Waals surface area contributed by atoms with Crippen molar-refractivity contribution >= 4 is 75.6 Å². The molecule has 1 N–H and O–H groups in total. The molecule has 0 bridgehead atoms. The van der Waals surface area contributed by atoms with Crippen LogP contribution in [0, 0.1) is 0 Å². The molecule has 0 aliphatic heterocycles. The molecule has 5 nitrogen and oxygen atoms in total. The third-order valence-electron chi connectivity index (χ3n) is 3.92. The monoisotopic (exact) mass is 485 g/mol. The van der Waals surface area contributed by atoms with Crippen LogP contribution in [-0.4, -0.2) is 40.4 Å². The summed E-state index contributed by atoms with van der Waals surface area (Å²) in [5, 5.41) is 3.72. The number of carbonyl (C=O) groups is 2. The van der Waals surface area contributed by atoms with E-state index < -0.39 is 34.5 Å². The number of benzene rings is 1. The molecular weight excluding hydrogens is 471 g/mol. The van der Waals surface area contributed by atoms with E-state index in [-0.39, 0.29) is 5.88 Å². The Morgan fingerprint density at radius 3 is 2.43 bits per heavy atom. The molecule has 2 rings (SSSR count). The fourth-order valence-corrected chi connectivity index (χ4v) is 3.70. The van der Waals surface area contributed by atoms with E-state index in [9.17, 15) is 9.59 Å². The molecule has 1 aromatic rings. The first kappa shape index (κ1) is 23.2. The summed E-state index contributed by atoms with van der Waals surface area (Å²) in [5.41, 5.74) is -1.09. The second-order valence-electron chi connectivity index (χ2n) is 5.86. The molecule has 0 saturated heterocycles. The molecule has 1 aliphatic carbocycles. The van der Waals surface area contributed by atoms with Crippen molar-refractivity contribution in [3.05, 3.63) is 52.5 Å². The minimum Gasteiger partial charge on any atom is -0.454 e. The van der Waals surface area contributed by atoms with Crippen LogP contribution >= 0.6 is 58.0 Å². The van der Waals surface area contributed by atoms with Crippen molar-refractivity contribution in [2.24, 2.45) is 0 Å². The lowest BCUT2D eigenvalue weighted by Crippen LogP contribution is -2.61. The first-order valence-electron chi connectivity index (χ1n) is 7.98. The smallest absolute Gasteiger partial charge is 0.344 e. The topological polar surface area (TPSA) is 64.6 Å². The SMILES string of the molecule is CC(=O)OCC(=O)OC1C=CC=CC1(Nc1c(Cl)cccc1Cl)C(Cl)(Cl)CCl. The van der Waals surface area contributed by atoms with Gasteiger partial charge in [-0.15, -0.1) is 11.6 Å². The molecule has 0 heterocycles. The van der Waals surface area contributed by atoms with E-state index in [0.29, 0.717) is 15.7 Å². The summed E-state index contributed by atoms with van der Waals surface area (Å²) in [4.78, 5) is 23.1. The zero-order valence-electron chi connectivity index (χ0n) is 14.6. The first-order chi connectivity index (χ1) is 13.1. The van der Waals surface area contributed by atoms with Gasteiger partial charge in [-0.25, -0.2) is 4.79 Å². The van der Waals surface area contributed by atoms with Crippen molar-refractivity contribution in [2.45, 2.75) is 22.9 Å². The van der Waals surface area contributed by atoms with Gasteiger partial charge in [-0.05, 0) is 18.2 Å². The lowest BCUT2D eigenvalue weighted by Gasteiger charge is -2.46. The molecule has 0 spiro atoms. The van der Waals surface area contributed by atoms with Gasteiger partial charge in [-0.1, -0.05) is 70.7 Å². The molecule has 0 amide bonds. The average Bonchev–Trinajstić information content (AvgIpc) is 2.64. The summed E-state index contributed by atoms with van der Waals surface area (Å²) in [6.07, 6.45) is 5.48. The molecule has 0 radical (unpaired) electrons. The highest BCUT2D eigenvalue weighted by Gasteiger charge is 2.55. The van der Waals surface area contributed by atoms with Crippen molar-refractivity contribution in [1.82, 2.24) is 0 Å². The Bertz CT molecular complexity index is 791. The number of anilines is 1. The van der Waals surface area contributed by atoms with Crippen molar-refractivity contribution in [1.29, 1.82) is 0 Å². The van der Waals surface area contributed by atoms with Crippen molar-refractivity contribution in [3.8, 4) is 0 Å². The normalized spacial score (nSPS) is 21.3. The van der Waals surface area contributed by atoms with Gasteiger partial charge in [-0.2, -0.15) is 0 Å². The fraction of sp³-hybridized carbons (Fsp3) is 0.333. The zero-order valence-corrected chi connectivity index (χ0v) is 18.3. The number of rotatable bonds is 7. The van der Waals surface area contributed by atoms with Gasteiger partial charge in [-0.3, -0.25) is 4.79 Å². The number of hydrogen-bond donors (Lipinski definition) is 1. The summed E-state index contributed by atoms with van der Waals surface area (Å²) >= 11 is 31.6. The van der Waals surface area contributed by atoms with Gasteiger partial charge >= 0.3 is 11.9 Å². The van der Waals surface area contributed by atoms with Crippen LogP contribution in [0.5, 0.6) is 0 Å². The Morgan fingerprint density at radius 1 is 1.21 bits per heavy atom. The number of halogens is 5. The molecular formula is C18H16Cl5NO4. The highest BCUT2D eigenvalue weighted by molar-refractivity contribution is 6.53. The van der Waals surface area contributed by atoms with Gasteiger partial charge in [0.2, 0.25) is 0 Å². The second-order valence-corrected chi connectivity index (χ2v) is 8.43. The number of para-hydroxylation sites is 1. The van der Waals surface area contributed by atoms with Gasteiger partial charge in [0.15, 0.2) is 10.9 Å². The van der Waals surface area contributed by atoms with E-state index in [0.717, 1.165) is 0 Å². The van der Waals surface area contributed by atoms with Gasteiger partial charge in [0.05, 0.1) is 21.6 Å². The Morgan fingerprint density at radius 2 is 1.86 bits per heavy atom. The molecule has 0 fully saturated rings. The molecule has 0 aromatic heterocycles. The van der Waals surface area contributed by atoms with Crippen LogP contribution in [0.3, 0.4) is 0 Å². The Labute approximate surface area is 187 Å². The largest absolute Gasteiger partial charge is 0.454 e. The van der Waals surface area contributed by atoms with Crippen LogP contribution in [0.2, 0.25) is 10.0 Å². The van der Waals surface area contributed by atoms with Crippen molar-refractivity contribution < 1.29 is 19.1 Å². The van der Waals surface area contributed by atoms with Crippen LogP contribution in [0.1, 0.15) is 6.92 Å². The predicted octanol–water partition coefficient (Wildman–Crippen LogP) is 5.16. The molecule has 10 heteroatoms. The number of carbonyl (C=O) groups excluding carboxylic acids is 2. The van der Waals surface area contributed by atoms with Gasteiger partial charge in [0, 0.05) is 6.92 Å². The van der Waals surface area contributed by atoms with Crippen LogP contribution in [-0.2, 0) is 19.1 Å².